The van der Waals surface area contributed by atoms with Crippen molar-refractivity contribution in [3.05, 3.63) is 35.4 Å². The van der Waals surface area contributed by atoms with E-state index in [9.17, 15) is 13.9 Å². The highest BCUT2D eigenvalue weighted by atomic mass is 19.1. The first-order valence-electron chi connectivity index (χ1n) is 10.2. The average Bonchev–Trinajstić information content (AvgIpc) is 2.51. The minimum Gasteiger partial charge on any atom is -0.343 e. The molecule has 156 valence electrons. The third-order valence-electron chi connectivity index (χ3n) is 4.38. The van der Waals surface area contributed by atoms with Crippen molar-refractivity contribution in [2.45, 2.75) is 104 Å². The molecule has 0 radical (unpaired) electrons. The molecular weight excluding hydrogens is 350 g/mol. The van der Waals surface area contributed by atoms with Gasteiger partial charge in [0.05, 0.1) is 18.1 Å². The van der Waals surface area contributed by atoms with Gasteiger partial charge in [0.2, 0.25) is 0 Å². The minimum absolute atomic E-state index is 0.306. The molecule has 1 unspecified atom stereocenters. The number of halogens is 2. The highest BCUT2D eigenvalue weighted by molar-refractivity contribution is 5.23. The Morgan fingerprint density at radius 3 is 1.81 bits per heavy atom. The van der Waals surface area contributed by atoms with Crippen LogP contribution >= 0.6 is 0 Å². The van der Waals surface area contributed by atoms with Gasteiger partial charge in [0.1, 0.15) is 11.6 Å². The molecule has 1 rings (SSSR count). The third kappa shape index (κ3) is 8.67. The number of unbranched alkanes of at least 4 members (excludes halogenated alkanes) is 5. The van der Waals surface area contributed by atoms with Crippen molar-refractivity contribution in [2.24, 2.45) is 0 Å². The van der Waals surface area contributed by atoms with Crippen molar-refractivity contribution in [3.63, 3.8) is 0 Å². The molecule has 3 nitrogen and oxygen atoms in total. The third-order valence-corrected chi connectivity index (χ3v) is 4.38. The molecule has 1 atom stereocenters. The number of hydrogen-bond acceptors (Lipinski definition) is 3. The fourth-order valence-electron chi connectivity index (χ4n) is 3.33. The van der Waals surface area contributed by atoms with Gasteiger partial charge in [-0.1, -0.05) is 45.4 Å². The van der Waals surface area contributed by atoms with Gasteiger partial charge in [-0.05, 0) is 51.8 Å². The molecule has 0 spiro atoms. The summed E-state index contributed by atoms with van der Waals surface area (Å²) >= 11 is 0. The molecule has 0 aliphatic carbocycles. The molecule has 5 heteroatoms. The topological polar surface area (TPSA) is 38.7 Å². The zero-order valence-electron chi connectivity index (χ0n) is 17.4. The van der Waals surface area contributed by atoms with E-state index in [1.54, 1.807) is 27.7 Å². The second kappa shape index (κ2) is 11.7. The van der Waals surface area contributed by atoms with E-state index in [0.717, 1.165) is 25.3 Å². The maximum Gasteiger partial charge on any atom is 0.288 e. The van der Waals surface area contributed by atoms with Gasteiger partial charge >= 0.3 is 0 Å². The highest BCUT2D eigenvalue weighted by Gasteiger charge is 2.42. The van der Waals surface area contributed by atoms with Gasteiger partial charge in [-0.3, -0.25) is 0 Å². The van der Waals surface area contributed by atoms with Crippen LogP contribution in [0.5, 0.6) is 0 Å². The second-order valence-corrected chi connectivity index (χ2v) is 7.78. The summed E-state index contributed by atoms with van der Waals surface area (Å²) in [5.74, 6) is -3.96. The average molecular weight is 387 g/mol. The van der Waals surface area contributed by atoms with Gasteiger partial charge in [-0.25, -0.2) is 8.78 Å². The SMILES string of the molecule is CCCCCCCCC(c1cc(F)cc(F)c1)C(O)(OC(C)C)OC(C)C. The summed E-state index contributed by atoms with van der Waals surface area (Å²) in [5, 5.41) is 11.2. The molecule has 0 heterocycles. The summed E-state index contributed by atoms with van der Waals surface area (Å²) in [5.41, 5.74) is 0.352. The van der Waals surface area contributed by atoms with E-state index in [2.05, 4.69) is 6.92 Å². The monoisotopic (exact) mass is 386 g/mol. The molecule has 27 heavy (non-hydrogen) atoms. The Morgan fingerprint density at radius 2 is 1.33 bits per heavy atom. The van der Waals surface area contributed by atoms with Crippen LogP contribution in [0.15, 0.2) is 18.2 Å². The molecule has 0 saturated heterocycles. The zero-order valence-corrected chi connectivity index (χ0v) is 17.4. The largest absolute Gasteiger partial charge is 0.343 e. The number of benzene rings is 1. The molecule has 0 aliphatic heterocycles. The van der Waals surface area contributed by atoms with Crippen LogP contribution < -0.4 is 0 Å². The molecule has 0 aliphatic rings. The lowest BCUT2D eigenvalue weighted by atomic mass is 9.90. The Hall–Kier alpha value is -1.04. The lowest BCUT2D eigenvalue weighted by molar-refractivity contribution is -0.393. The van der Waals surface area contributed by atoms with Crippen LogP contribution in [-0.4, -0.2) is 23.3 Å². The van der Waals surface area contributed by atoms with Gasteiger partial charge in [-0.15, -0.1) is 0 Å². The Balaban J connectivity index is 3.05. The van der Waals surface area contributed by atoms with Gasteiger partial charge in [0.25, 0.3) is 5.97 Å². The van der Waals surface area contributed by atoms with Crippen molar-refractivity contribution in [2.75, 3.05) is 0 Å². The standard InChI is InChI=1S/C22H36F2O3/c1-6-7-8-9-10-11-12-21(18-13-19(23)15-20(24)14-18)22(25,26-16(2)3)27-17(4)5/h13-17,21,25H,6-12H2,1-5H3. The maximum atomic E-state index is 13.8. The smallest absolute Gasteiger partial charge is 0.288 e. The van der Waals surface area contributed by atoms with E-state index in [1.165, 1.54) is 31.4 Å². The molecule has 0 aromatic heterocycles. The van der Waals surface area contributed by atoms with Gasteiger partial charge in [-0.2, -0.15) is 0 Å². The van der Waals surface area contributed by atoms with Crippen molar-refractivity contribution in [1.29, 1.82) is 0 Å². The van der Waals surface area contributed by atoms with E-state index >= 15 is 0 Å². The van der Waals surface area contributed by atoms with Crippen molar-refractivity contribution >= 4 is 0 Å². The van der Waals surface area contributed by atoms with E-state index in [4.69, 9.17) is 9.47 Å². The predicted octanol–water partition coefficient (Wildman–Crippen LogP) is 6.30. The molecule has 1 aromatic rings. The fourth-order valence-corrected chi connectivity index (χ4v) is 3.33. The normalized spacial score (nSPS) is 13.6. The molecule has 1 N–H and O–H groups in total. The van der Waals surface area contributed by atoms with Crippen LogP contribution in [0.4, 0.5) is 8.78 Å². The van der Waals surface area contributed by atoms with E-state index < -0.39 is 23.5 Å². The lowest BCUT2D eigenvalue weighted by Gasteiger charge is -2.38. The van der Waals surface area contributed by atoms with Crippen LogP contribution in [0.2, 0.25) is 0 Å². The summed E-state index contributed by atoms with van der Waals surface area (Å²) in [6.45, 7) is 9.34. The van der Waals surface area contributed by atoms with Crippen molar-refractivity contribution < 1.29 is 23.4 Å². The van der Waals surface area contributed by atoms with Crippen LogP contribution in [-0.2, 0) is 9.47 Å². The summed E-state index contributed by atoms with van der Waals surface area (Å²) in [6, 6.07) is 3.34. The predicted molar refractivity (Wildman–Crippen MR) is 104 cm³/mol. The van der Waals surface area contributed by atoms with Crippen LogP contribution in [0, 0.1) is 11.6 Å². The summed E-state index contributed by atoms with van der Waals surface area (Å²) in [4.78, 5) is 0. The molecule has 0 fully saturated rings. The number of hydrogen-bond donors (Lipinski definition) is 1. The van der Waals surface area contributed by atoms with Crippen molar-refractivity contribution in [1.82, 2.24) is 0 Å². The lowest BCUT2D eigenvalue weighted by Crippen LogP contribution is -2.46. The van der Waals surface area contributed by atoms with Crippen LogP contribution in [0.25, 0.3) is 0 Å². The summed E-state index contributed by atoms with van der Waals surface area (Å²) < 4.78 is 39.1. The Bertz CT molecular complexity index is 516. The summed E-state index contributed by atoms with van der Waals surface area (Å²) in [6.07, 6.45) is 6.37. The first kappa shape index (κ1) is 24.0. The van der Waals surface area contributed by atoms with E-state index in [0.29, 0.717) is 12.0 Å². The van der Waals surface area contributed by atoms with E-state index in [1.807, 2.05) is 0 Å². The molecule has 1 aromatic carbocycles. The molecule has 0 saturated carbocycles. The Kier molecular flexibility index (Phi) is 10.4. The van der Waals surface area contributed by atoms with Gasteiger partial charge in [0, 0.05) is 6.07 Å². The number of rotatable bonds is 13. The highest BCUT2D eigenvalue weighted by Crippen LogP contribution is 2.37. The Labute approximate surface area is 163 Å². The Morgan fingerprint density at radius 1 is 0.852 bits per heavy atom. The number of aliphatic hydroxyl groups is 1. The maximum absolute atomic E-state index is 13.8. The summed E-state index contributed by atoms with van der Waals surface area (Å²) in [7, 11) is 0. The first-order valence-corrected chi connectivity index (χ1v) is 10.2. The van der Waals surface area contributed by atoms with Crippen molar-refractivity contribution in [3.8, 4) is 0 Å². The molecular formula is C22H36F2O3. The van der Waals surface area contributed by atoms with Gasteiger partial charge < -0.3 is 14.6 Å². The van der Waals surface area contributed by atoms with E-state index in [-0.39, 0.29) is 12.2 Å². The van der Waals surface area contributed by atoms with Crippen LogP contribution in [0.1, 0.15) is 91.0 Å². The van der Waals surface area contributed by atoms with Crippen LogP contribution in [0.3, 0.4) is 0 Å². The molecule has 0 bridgehead atoms. The second-order valence-electron chi connectivity index (χ2n) is 7.78. The number of ether oxygens (including phenoxy) is 2. The first-order chi connectivity index (χ1) is 12.7. The fraction of sp³-hybridized carbons (Fsp3) is 0.727. The zero-order chi connectivity index (χ0) is 20.4. The quantitative estimate of drug-likeness (QED) is 0.320. The molecule has 0 amide bonds. The minimum atomic E-state index is -1.94. The van der Waals surface area contributed by atoms with Gasteiger partial charge in [0.15, 0.2) is 0 Å².